The van der Waals surface area contributed by atoms with Crippen LogP contribution in [0, 0.1) is 0 Å². The van der Waals surface area contributed by atoms with Crippen LogP contribution in [0.15, 0.2) is 60.9 Å². The number of hydrogen-bond acceptors (Lipinski definition) is 3. The lowest BCUT2D eigenvalue weighted by Crippen LogP contribution is -2.12. The number of benzene rings is 2. The van der Waals surface area contributed by atoms with E-state index >= 15 is 0 Å². The summed E-state index contributed by atoms with van der Waals surface area (Å²) in [6.45, 7) is 0.469. The molecule has 4 nitrogen and oxygen atoms in total. The van der Waals surface area contributed by atoms with Gasteiger partial charge in [0.05, 0.1) is 5.69 Å². The van der Waals surface area contributed by atoms with E-state index in [1.165, 1.54) is 0 Å². The van der Waals surface area contributed by atoms with Gasteiger partial charge >= 0.3 is 0 Å². The van der Waals surface area contributed by atoms with Gasteiger partial charge in [0.2, 0.25) is 0 Å². The largest absolute Gasteiger partial charge is 0.326 e. The third-order valence-corrected chi connectivity index (χ3v) is 3.38. The summed E-state index contributed by atoms with van der Waals surface area (Å²) in [7, 11) is 0. The number of aromatic nitrogens is 1. The summed E-state index contributed by atoms with van der Waals surface area (Å²) in [4.78, 5) is 16.4. The molecular formula is C17H15N3O. The zero-order valence-corrected chi connectivity index (χ0v) is 11.4. The Labute approximate surface area is 122 Å². The molecule has 3 N–H and O–H groups in total. The highest BCUT2D eigenvalue weighted by atomic mass is 16.1. The van der Waals surface area contributed by atoms with Gasteiger partial charge < -0.3 is 11.1 Å². The number of pyridine rings is 1. The summed E-state index contributed by atoms with van der Waals surface area (Å²) in [6.07, 6.45) is 3.49. The molecule has 0 unspecified atom stereocenters. The molecule has 0 spiro atoms. The number of nitrogens with zero attached hydrogens (tertiary/aromatic N) is 1. The lowest BCUT2D eigenvalue weighted by Gasteiger charge is -2.08. The summed E-state index contributed by atoms with van der Waals surface area (Å²) < 4.78 is 0. The van der Waals surface area contributed by atoms with Crippen molar-refractivity contribution in [2.45, 2.75) is 6.54 Å². The van der Waals surface area contributed by atoms with Crippen molar-refractivity contribution < 1.29 is 4.79 Å². The van der Waals surface area contributed by atoms with E-state index in [9.17, 15) is 4.79 Å². The first-order chi connectivity index (χ1) is 10.3. The second-order valence-corrected chi connectivity index (χ2v) is 4.76. The SMILES string of the molecule is NCc1ccc(C(=O)Nc2cccc3ccncc23)cc1. The molecule has 0 aliphatic rings. The quantitative estimate of drug-likeness (QED) is 0.773. The molecule has 0 saturated heterocycles. The number of hydrogen-bond donors (Lipinski definition) is 2. The molecule has 0 aliphatic heterocycles. The number of nitrogens with two attached hydrogens (primary N) is 1. The summed E-state index contributed by atoms with van der Waals surface area (Å²) in [5.74, 6) is -0.144. The first kappa shape index (κ1) is 13.3. The van der Waals surface area contributed by atoms with E-state index in [2.05, 4.69) is 10.3 Å². The number of carbonyl (C=O) groups excluding carboxylic acids is 1. The fourth-order valence-corrected chi connectivity index (χ4v) is 2.21. The monoisotopic (exact) mass is 277 g/mol. The van der Waals surface area contributed by atoms with Gasteiger partial charge in [-0.1, -0.05) is 24.3 Å². The molecule has 3 aromatic rings. The van der Waals surface area contributed by atoms with Crippen molar-refractivity contribution in [3.63, 3.8) is 0 Å². The minimum absolute atomic E-state index is 0.144. The summed E-state index contributed by atoms with van der Waals surface area (Å²) in [5, 5.41) is 4.89. The van der Waals surface area contributed by atoms with Gasteiger partial charge in [-0.2, -0.15) is 0 Å². The number of rotatable bonds is 3. The zero-order valence-electron chi connectivity index (χ0n) is 11.4. The molecule has 0 atom stereocenters. The van der Waals surface area contributed by atoms with Gasteiger partial charge in [0.15, 0.2) is 0 Å². The molecule has 3 rings (SSSR count). The van der Waals surface area contributed by atoms with E-state index in [0.717, 1.165) is 22.0 Å². The molecular weight excluding hydrogens is 262 g/mol. The van der Waals surface area contributed by atoms with Gasteiger partial charge in [0.25, 0.3) is 5.91 Å². The van der Waals surface area contributed by atoms with Crippen molar-refractivity contribution in [3.8, 4) is 0 Å². The number of anilines is 1. The summed E-state index contributed by atoms with van der Waals surface area (Å²) in [6, 6.07) is 15.0. The van der Waals surface area contributed by atoms with Crippen molar-refractivity contribution in [2.24, 2.45) is 5.73 Å². The third-order valence-electron chi connectivity index (χ3n) is 3.38. The Kier molecular flexibility index (Phi) is 3.62. The van der Waals surface area contributed by atoms with E-state index in [-0.39, 0.29) is 5.91 Å². The number of amides is 1. The van der Waals surface area contributed by atoms with E-state index < -0.39 is 0 Å². The van der Waals surface area contributed by atoms with Gasteiger partial charge in [-0.25, -0.2) is 0 Å². The van der Waals surface area contributed by atoms with Gasteiger partial charge in [-0.3, -0.25) is 9.78 Å². The van der Waals surface area contributed by atoms with Crippen LogP contribution in [0.1, 0.15) is 15.9 Å². The molecule has 0 bridgehead atoms. The molecule has 104 valence electrons. The van der Waals surface area contributed by atoms with Gasteiger partial charge in [0.1, 0.15) is 0 Å². The van der Waals surface area contributed by atoms with Crippen LogP contribution in [0.2, 0.25) is 0 Å². The summed E-state index contributed by atoms with van der Waals surface area (Å²) in [5.41, 5.74) is 7.92. The van der Waals surface area contributed by atoms with Crippen LogP contribution in [0.5, 0.6) is 0 Å². The topological polar surface area (TPSA) is 68.0 Å². The van der Waals surface area contributed by atoms with E-state index in [0.29, 0.717) is 12.1 Å². The van der Waals surface area contributed by atoms with Crippen LogP contribution in [0.3, 0.4) is 0 Å². The number of nitrogens with one attached hydrogen (secondary N) is 1. The maximum atomic E-state index is 12.3. The number of carbonyl (C=O) groups is 1. The molecule has 0 aliphatic carbocycles. The highest BCUT2D eigenvalue weighted by Crippen LogP contribution is 2.22. The Morgan fingerprint density at radius 3 is 2.67 bits per heavy atom. The Hall–Kier alpha value is -2.72. The summed E-state index contributed by atoms with van der Waals surface area (Å²) >= 11 is 0. The lowest BCUT2D eigenvalue weighted by atomic mass is 10.1. The maximum Gasteiger partial charge on any atom is 0.255 e. The minimum Gasteiger partial charge on any atom is -0.326 e. The predicted molar refractivity (Wildman–Crippen MR) is 84.0 cm³/mol. The molecule has 1 amide bonds. The fraction of sp³-hybridized carbons (Fsp3) is 0.0588. The maximum absolute atomic E-state index is 12.3. The highest BCUT2D eigenvalue weighted by Gasteiger charge is 2.08. The van der Waals surface area contributed by atoms with Crippen molar-refractivity contribution in [1.29, 1.82) is 0 Å². The first-order valence-corrected chi connectivity index (χ1v) is 6.71. The van der Waals surface area contributed by atoms with Crippen LogP contribution >= 0.6 is 0 Å². The van der Waals surface area contributed by atoms with Crippen molar-refractivity contribution >= 4 is 22.4 Å². The van der Waals surface area contributed by atoms with Crippen molar-refractivity contribution in [2.75, 3.05) is 5.32 Å². The Morgan fingerprint density at radius 2 is 1.90 bits per heavy atom. The van der Waals surface area contributed by atoms with Crippen LogP contribution in [0.25, 0.3) is 10.8 Å². The van der Waals surface area contributed by atoms with E-state index in [1.807, 2.05) is 36.4 Å². The fourth-order valence-electron chi connectivity index (χ4n) is 2.21. The van der Waals surface area contributed by atoms with Crippen LogP contribution in [-0.4, -0.2) is 10.9 Å². The smallest absolute Gasteiger partial charge is 0.255 e. The molecule has 1 aromatic heterocycles. The normalized spacial score (nSPS) is 10.5. The zero-order chi connectivity index (χ0) is 14.7. The Balaban J connectivity index is 1.89. The first-order valence-electron chi connectivity index (χ1n) is 6.71. The second kappa shape index (κ2) is 5.73. The Bertz CT molecular complexity index is 776. The molecule has 0 radical (unpaired) electrons. The van der Waals surface area contributed by atoms with Gasteiger partial charge in [-0.05, 0) is 35.2 Å². The molecule has 1 heterocycles. The van der Waals surface area contributed by atoms with E-state index in [4.69, 9.17) is 5.73 Å². The van der Waals surface area contributed by atoms with Crippen molar-refractivity contribution in [3.05, 3.63) is 72.1 Å². The number of fused-ring (bicyclic) bond motifs is 1. The molecule has 0 saturated carbocycles. The average molecular weight is 277 g/mol. The third kappa shape index (κ3) is 2.75. The molecule has 0 fully saturated rings. The van der Waals surface area contributed by atoms with Crippen molar-refractivity contribution in [1.82, 2.24) is 4.98 Å². The van der Waals surface area contributed by atoms with Gasteiger partial charge in [0, 0.05) is 29.9 Å². The molecule has 4 heteroatoms. The second-order valence-electron chi connectivity index (χ2n) is 4.76. The average Bonchev–Trinajstić information content (AvgIpc) is 2.55. The highest BCUT2D eigenvalue weighted by molar-refractivity contribution is 6.08. The minimum atomic E-state index is -0.144. The van der Waals surface area contributed by atoms with Crippen LogP contribution in [0.4, 0.5) is 5.69 Å². The Morgan fingerprint density at radius 1 is 1.10 bits per heavy atom. The van der Waals surface area contributed by atoms with Crippen LogP contribution < -0.4 is 11.1 Å². The van der Waals surface area contributed by atoms with Gasteiger partial charge in [-0.15, -0.1) is 0 Å². The lowest BCUT2D eigenvalue weighted by molar-refractivity contribution is 0.102. The molecule has 21 heavy (non-hydrogen) atoms. The van der Waals surface area contributed by atoms with Crippen LogP contribution in [-0.2, 0) is 6.54 Å². The van der Waals surface area contributed by atoms with E-state index in [1.54, 1.807) is 24.5 Å². The predicted octanol–water partition coefficient (Wildman–Crippen LogP) is 2.95. The standard InChI is InChI=1S/C17H15N3O/c18-10-12-4-6-14(7-5-12)17(21)20-16-3-1-2-13-8-9-19-11-15(13)16/h1-9,11H,10,18H2,(H,20,21). The molecule has 2 aromatic carbocycles.